The Labute approximate surface area is 107 Å². The highest BCUT2D eigenvalue weighted by Crippen LogP contribution is 2.30. The van der Waals surface area contributed by atoms with Crippen LogP contribution in [0.1, 0.15) is 28.5 Å². The molecule has 0 unspecified atom stereocenters. The smallest absolute Gasteiger partial charge is 0.461 e. The predicted octanol–water partition coefficient (Wildman–Crippen LogP) is 1.92. The summed E-state index contributed by atoms with van der Waals surface area (Å²) >= 11 is 0. The summed E-state index contributed by atoms with van der Waals surface area (Å²) in [6.07, 6.45) is -3.70. The largest absolute Gasteiger partial charge is 0.573 e. The standard InChI is InChI=1S/C11H13F3N2O3/c1-3-18-10(17)8-9(19-11(12,13)14)6(2)7(4-15)5-16-8/h5H,3-4,15H2,1-2H3. The van der Waals surface area contributed by atoms with Crippen LogP contribution in [-0.4, -0.2) is 23.9 Å². The minimum Gasteiger partial charge on any atom is -0.461 e. The number of esters is 1. The SMILES string of the molecule is CCOC(=O)c1ncc(CN)c(C)c1OC(F)(F)F. The van der Waals surface area contributed by atoms with Gasteiger partial charge in [0.2, 0.25) is 0 Å². The zero-order valence-electron chi connectivity index (χ0n) is 10.4. The van der Waals surface area contributed by atoms with Gasteiger partial charge < -0.3 is 15.2 Å². The summed E-state index contributed by atoms with van der Waals surface area (Å²) in [5.41, 5.74) is 5.32. The molecule has 0 aliphatic rings. The van der Waals surface area contributed by atoms with Crippen molar-refractivity contribution in [3.8, 4) is 5.75 Å². The van der Waals surface area contributed by atoms with Gasteiger partial charge in [-0.05, 0) is 25.0 Å². The molecule has 0 saturated carbocycles. The predicted molar refractivity (Wildman–Crippen MR) is 59.5 cm³/mol. The highest BCUT2D eigenvalue weighted by Gasteiger charge is 2.35. The van der Waals surface area contributed by atoms with Crippen molar-refractivity contribution in [2.45, 2.75) is 26.8 Å². The van der Waals surface area contributed by atoms with E-state index in [0.717, 1.165) is 0 Å². The van der Waals surface area contributed by atoms with Crippen LogP contribution in [0.4, 0.5) is 13.2 Å². The first-order chi connectivity index (χ1) is 8.80. The minimum atomic E-state index is -4.93. The summed E-state index contributed by atoms with van der Waals surface area (Å²) in [7, 11) is 0. The summed E-state index contributed by atoms with van der Waals surface area (Å²) in [5, 5.41) is 0. The van der Waals surface area contributed by atoms with Crippen LogP contribution in [0, 0.1) is 6.92 Å². The normalized spacial score (nSPS) is 11.3. The lowest BCUT2D eigenvalue weighted by atomic mass is 10.1. The molecular formula is C11H13F3N2O3. The Morgan fingerprint density at radius 2 is 2.11 bits per heavy atom. The second-order valence-electron chi connectivity index (χ2n) is 3.56. The van der Waals surface area contributed by atoms with Crippen molar-refractivity contribution >= 4 is 5.97 Å². The van der Waals surface area contributed by atoms with Gasteiger partial charge in [-0.15, -0.1) is 13.2 Å². The third-order valence-electron chi connectivity index (χ3n) is 2.29. The molecular weight excluding hydrogens is 265 g/mol. The molecule has 0 fully saturated rings. The van der Waals surface area contributed by atoms with Crippen molar-refractivity contribution in [2.75, 3.05) is 6.61 Å². The van der Waals surface area contributed by atoms with Gasteiger partial charge in [-0.2, -0.15) is 0 Å². The van der Waals surface area contributed by atoms with Gasteiger partial charge in [-0.1, -0.05) is 0 Å². The number of hydrogen-bond acceptors (Lipinski definition) is 5. The van der Waals surface area contributed by atoms with Crippen LogP contribution >= 0.6 is 0 Å². The Kier molecular flexibility index (Phi) is 4.71. The number of halogens is 3. The van der Waals surface area contributed by atoms with E-state index in [0.29, 0.717) is 5.56 Å². The molecule has 0 spiro atoms. The van der Waals surface area contributed by atoms with E-state index in [1.807, 2.05) is 0 Å². The molecule has 1 aromatic heterocycles. The maximum atomic E-state index is 12.4. The number of pyridine rings is 1. The van der Waals surface area contributed by atoms with Gasteiger partial charge in [-0.3, -0.25) is 0 Å². The second kappa shape index (κ2) is 5.87. The number of carbonyl (C=O) groups is 1. The van der Waals surface area contributed by atoms with Crippen molar-refractivity contribution in [2.24, 2.45) is 5.73 Å². The molecule has 8 heteroatoms. The fraction of sp³-hybridized carbons (Fsp3) is 0.455. The first-order valence-electron chi connectivity index (χ1n) is 5.41. The summed E-state index contributed by atoms with van der Waals surface area (Å²) in [6.45, 7) is 2.90. The number of alkyl halides is 3. The Hall–Kier alpha value is -1.83. The van der Waals surface area contributed by atoms with E-state index in [2.05, 4.69) is 14.5 Å². The number of aromatic nitrogens is 1. The van der Waals surface area contributed by atoms with Gasteiger partial charge >= 0.3 is 12.3 Å². The van der Waals surface area contributed by atoms with E-state index in [1.165, 1.54) is 20.0 Å². The molecule has 106 valence electrons. The average Bonchev–Trinajstić information content (AvgIpc) is 2.30. The van der Waals surface area contributed by atoms with Crippen LogP contribution in [0.3, 0.4) is 0 Å². The lowest BCUT2D eigenvalue weighted by Gasteiger charge is -2.16. The maximum Gasteiger partial charge on any atom is 0.573 e. The van der Waals surface area contributed by atoms with E-state index in [1.54, 1.807) is 0 Å². The molecule has 0 aliphatic heterocycles. The van der Waals surface area contributed by atoms with Gasteiger partial charge in [0.15, 0.2) is 11.4 Å². The minimum absolute atomic E-state index is 0.0175. The van der Waals surface area contributed by atoms with Crippen LogP contribution in [0.15, 0.2) is 6.20 Å². The fourth-order valence-electron chi connectivity index (χ4n) is 1.41. The Morgan fingerprint density at radius 3 is 2.58 bits per heavy atom. The number of carbonyl (C=O) groups excluding carboxylic acids is 1. The molecule has 1 heterocycles. The fourth-order valence-corrected chi connectivity index (χ4v) is 1.41. The van der Waals surface area contributed by atoms with Crippen LogP contribution in [-0.2, 0) is 11.3 Å². The molecule has 0 aromatic carbocycles. The lowest BCUT2D eigenvalue weighted by Crippen LogP contribution is -2.22. The van der Waals surface area contributed by atoms with Crippen molar-refractivity contribution in [3.63, 3.8) is 0 Å². The van der Waals surface area contributed by atoms with Gasteiger partial charge in [-0.25, -0.2) is 9.78 Å². The van der Waals surface area contributed by atoms with Crippen LogP contribution in [0.25, 0.3) is 0 Å². The Balaban J connectivity index is 3.30. The molecule has 0 aliphatic carbocycles. The summed E-state index contributed by atoms with van der Waals surface area (Å²) in [4.78, 5) is 15.2. The molecule has 5 nitrogen and oxygen atoms in total. The molecule has 0 atom stereocenters. The lowest BCUT2D eigenvalue weighted by molar-refractivity contribution is -0.275. The number of nitrogens with zero attached hydrogens (tertiary/aromatic N) is 1. The molecule has 1 aromatic rings. The zero-order valence-corrected chi connectivity index (χ0v) is 10.4. The number of ether oxygens (including phenoxy) is 2. The van der Waals surface area contributed by atoms with Gasteiger partial charge in [0.05, 0.1) is 6.61 Å². The number of hydrogen-bond donors (Lipinski definition) is 1. The maximum absolute atomic E-state index is 12.4. The third kappa shape index (κ3) is 3.82. The van der Waals surface area contributed by atoms with Gasteiger partial charge in [0.1, 0.15) is 0 Å². The van der Waals surface area contributed by atoms with E-state index < -0.39 is 23.8 Å². The van der Waals surface area contributed by atoms with E-state index >= 15 is 0 Å². The molecule has 2 N–H and O–H groups in total. The second-order valence-corrected chi connectivity index (χ2v) is 3.56. The molecule has 19 heavy (non-hydrogen) atoms. The van der Waals surface area contributed by atoms with E-state index in [-0.39, 0.29) is 18.7 Å². The first-order valence-corrected chi connectivity index (χ1v) is 5.41. The number of rotatable bonds is 4. The van der Waals surface area contributed by atoms with Crippen LogP contribution in [0.2, 0.25) is 0 Å². The number of nitrogens with two attached hydrogens (primary N) is 1. The third-order valence-corrected chi connectivity index (χ3v) is 2.29. The van der Waals surface area contributed by atoms with Crippen LogP contribution in [0.5, 0.6) is 5.75 Å². The monoisotopic (exact) mass is 278 g/mol. The van der Waals surface area contributed by atoms with E-state index in [4.69, 9.17) is 5.73 Å². The highest BCUT2D eigenvalue weighted by atomic mass is 19.4. The van der Waals surface area contributed by atoms with Gasteiger partial charge in [0.25, 0.3) is 0 Å². The quantitative estimate of drug-likeness (QED) is 0.852. The van der Waals surface area contributed by atoms with Crippen molar-refractivity contribution in [1.82, 2.24) is 4.98 Å². The average molecular weight is 278 g/mol. The Morgan fingerprint density at radius 1 is 1.47 bits per heavy atom. The zero-order chi connectivity index (χ0) is 14.6. The van der Waals surface area contributed by atoms with Crippen LogP contribution < -0.4 is 10.5 Å². The van der Waals surface area contributed by atoms with E-state index in [9.17, 15) is 18.0 Å². The highest BCUT2D eigenvalue weighted by molar-refractivity contribution is 5.91. The topological polar surface area (TPSA) is 74.4 Å². The van der Waals surface area contributed by atoms with Crippen molar-refractivity contribution in [3.05, 3.63) is 23.0 Å². The molecule has 0 bridgehead atoms. The molecule has 0 amide bonds. The molecule has 0 saturated heterocycles. The molecule has 1 rings (SSSR count). The summed E-state index contributed by atoms with van der Waals surface area (Å²) in [6, 6.07) is 0. The molecule has 0 radical (unpaired) electrons. The first kappa shape index (κ1) is 15.2. The van der Waals surface area contributed by atoms with Gasteiger partial charge in [0, 0.05) is 12.7 Å². The van der Waals surface area contributed by atoms with Crippen molar-refractivity contribution in [1.29, 1.82) is 0 Å². The summed E-state index contributed by atoms with van der Waals surface area (Å²) in [5.74, 6) is -1.65. The summed E-state index contributed by atoms with van der Waals surface area (Å²) < 4.78 is 45.5. The van der Waals surface area contributed by atoms with Crippen molar-refractivity contribution < 1.29 is 27.4 Å². The Bertz CT molecular complexity index is 475.